The summed E-state index contributed by atoms with van der Waals surface area (Å²) in [5, 5.41) is 12.2. The Morgan fingerprint density at radius 3 is 2.74 bits per heavy atom. The highest BCUT2D eigenvalue weighted by Gasteiger charge is 2.16. The molecule has 1 aliphatic rings. The third kappa shape index (κ3) is 4.10. The Bertz CT molecular complexity index is 463. The van der Waals surface area contributed by atoms with E-state index in [1.165, 1.54) is 6.08 Å². The van der Waals surface area contributed by atoms with Crippen molar-refractivity contribution in [3.8, 4) is 0 Å². The molecule has 19 heavy (non-hydrogen) atoms. The highest BCUT2D eigenvalue weighted by Crippen LogP contribution is 2.21. The Morgan fingerprint density at radius 2 is 2.05 bits per heavy atom. The van der Waals surface area contributed by atoms with Crippen LogP contribution < -0.4 is 5.32 Å². The van der Waals surface area contributed by atoms with Crippen LogP contribution in [0.1, 0.15) is 18.4 Å². The van der Waals surface area contributed by atoms with Crippen LogP contribution in [0.25, 0.3) is 6.08 Å². The van der Waals surface area contributed by atoms with Crippen molar-refractivity contribution in [2.75, 3.05) is 25.5 Å². The van der Waals surface area contributed by atoms with Gasteiger partial charge in [0.1, 0.15) is 0 Å². The van der Waals surface area contributed by atoms with Gasteiger partial charge in [0.25, 0.3) is 0 Å². The number of nitrogens with one attached hydrogen (secondary N) is 1. The highest BCUT2D eigenvalue weighted by molar-refractivity contribution is 5.86. The molecule has 2 N–H and O–H groups in total. The molecule has 0 bridgehead atoms. The fraction of sp³-hybridized carbons (Fsp3) is 0.400. The molecule has 4 nitrogen and oxygen atoms in total. The van der Waals surface area contributed by atoms with E-state index in [4.69, 9.17) is 5.11 Å². The number of carboxylic acid groups (broad SMARTS) is 1. The van der Waals surface area contributed by atoms with Crippen molar-refractivity contribution in [1.29, 1.82) is 0 Å². The zero-order chi connectivity index (χ0) is 13.7. The van der Waals surface area contributed by atoms with Crippen molar-refractivity contribution in [3.63, 3.8) is 0 Å². The Hall–Kier alpha value is -1.81. The minimum Gasteiger partial charge on any atom is -0.478 e. The summed E-state index contributed by atoms with van der Waals surface area (Å²) in [5.41, 5.74) is 1.93. The van der Waals surface area contributed by atoms with Crippen LogP contribution in [-0.2, 0) is 4.79 Å². The minimum atomic E-state index is -0.922. The summed E-state index contributed by atoms with van der Waals surface area (Å²) in [6, 6.07) is 8.28. The van der Waals surface area contributed by atoms with Gasteiger partial charge < -0.3 is 15.3 Å². The minimum absolute atomic E-state index is 0.468. The molecule has 0 aromatic heterocycles. The molecule has 1 aromatic rings. The maximum atomic E-state index is 10.6. The topological polar surface area (TPSA) is 52.6 Å². The summed E-state index contributed by atoms with van der Waals surface area (Å²) in [5.74, 6) is -0.922. The van der Waals surface area contributed by atoms with Gasteiger partial charge in [0.15, 0.2) is 0 Å². The van der Waals surface area contributed by atoms with Crippen molar-refractivity contribution < 1.29 is 9.90 Å². The summed E-state index contributed by atoms with van der Waals surface area (Å²) >= 11 is 0. The van der Waals surface area contributed by atoms with E-state index < -0.39 is 5.97 Å². The molecule has 0 aliphatic carbocycles. The SMILES string of the molecule is CN1CCC(Nc2ccccc2C=CC(=O)O)CC1. The van der Waals surface area contributed by atoms with Gasteiger partial charge in [0, 0.05) is 17.8 Å². The second-order valence-corrected chi connectivity index (χ2v) is 4.98. The number of carboxylic acids is 1. The maximum Gasteiger partial charge on any atom is 0.328 e. The average Bonchev–Trinajstić information content (AvgIpc) is 2.40. The molecule has 102 valence electrons. The lowest BCUT2D eigenvalue weighted by Gasteiger charge is -2.30. The van der Waals surface area contributed by atoms with Crippen molar-refractivity contribution in [2.24, 2.45) is 0 Å². The molecule has 0 spiro atoms. The molecular weight excluding hydrogens is 240 g/mol. The van der Waals surface area contributed by atoms with Crippen molar-refractivity contribution in [3.05, 3.63) is 35.9 Å². The summed E-state index contributed by atoms with van der Waals surface area (Å²) in [6.45, 7) is 2.20. The van der Waals surface area contributed by atoms with Gasteiger partial charge in [-0.25, -0.2) is 4.79 Å². The van der Waals surface area contributed by atoms with Gasteiger partial charge in [-0.15, -0.1) is 0 Å². The molecule has 1 saturated heterocycles. The third-order valence-electron chi connectivity index (χ3n) is 3.44. The van der Waals surface area contributed by atoms with Crippen molar-refractivity contribution in [2.45, 2.75) is 18.9 Å². The fourth-order valence-corrected chi connectivity index (χ4v) is 2.31. The van der Waals surface area contributed by atoms with Gasteiger partial charge >= 0.3 is 5.97 Å². The standard InChI is InChI=1S/C15H20N2O2/c1-17-10-8-13(9-11-17)16-14-5-3-2-4-12(14)6-7-15(18)19/h2-7,13,16H,8-11H2,1H3,(H,18,19). The number of carbonyl (C=O) groups is 1. The van der Waals surface area contributed by atoms with Gasteiger partial charge in [-0.05, 0) is 50.7 Å². The van der Waals surface area contributed by atoms with Crippen LogP contribution >= 0.6 is 0 Å². The van der Waals surface area contributed by atoms with E-state index >= 15 is 0 Å². The molecule has 4 heteroatoms. The lowest BCUT2D eigenvalue weighted by Crippen LogP contribution is -2.36. The number of piperidine rings is 1. The molecule has 1 heterocycles. The lowest BCUT2D eigenvalue weighted by molar-refractivity contribution is -0.131. The molecule has 2 rings (SSSR count). The van der Waals surface area contributed by atoms with E-state index in [1.54, 1.807) is 6.08 Å². The molecular formula is C15H20N2O2. The first kappa shape index (κ1) is 13.6. The first-order valence-corrected chi connectivity index (χ1v) is 6.60. The maximum absolute atomic E-state index is 10.6. The number of aliphatic carboxylic acids is 1. The fourth-order valence-electron chi connectivity index (χ4n) is 2.31. The van der Waals surface area contributed by atoms with Crippen LogP contribution in [0.2, 0.25) is 0 Å². The molecule has 1 aliphatic heterocycles. The number of para-hydroxylation sites is 1. The number of hydrogen-bond donors (Lipinski definition) is 2. The van der Waals surface area contributed by atoms with Crippen LogP contribution in [0.15, 0.2) is 30.3 Å². The Morgan fingerprint density at radius 1 is 1.37 bits per heavy atom. The van der Waals surface area contributed by atoms with E-state index in [-0.39, 0.29) is 0 Å². The second kappa shape index (κ2) is 6.38. The summed E-state index contributed by atoms with van der Waals surface area (Å²) in [7, 11) is 2.14. The third-order valence-corrected chi connectivity index (χ3v) is 3.44. The van der Waals surface area contributed by atoms with Gasteiger partial charge in [-0.2, -0.15) is 0 Å². The van der Waals surface area contributed by atoms with E-state index in [1.807, 2.05) is 24.3 Å². The number of likely N-dealkylation sites (tertiary alicyclic amines) is 1. The quantitative estimate of drug-likeness (QED) is 0.816. The molecule has 0 amide bonds. The number of hydrogen-bond acceptors (Lipinski definition) is 3. The zero-order valence-corrected chi connectivity index (χ0v) is 11.2. The summed E-state index contributed by atoms with van der Waals surface area (Å²) in [4.78, 5) is 12.9. The van der Waals surface area contributed by atoms with E-state index in [9.17, 15) is 4.79 Å². The van der Waals surface area contributed by atoms with Gasteiger partial charge in [-0.3, -0.25) is 0 Å². The lowest BCUT2D eigenvalue weighted by atomic mass is 10.0. The van der Waals surface area contributed by atoms with Crippen molar-refractivity contribution >= 4 is 17.7 Å². The Labute approximate surface area is 113 Å². The normalized spacial score (nSPS) is 17.7. The Balaban J connectivity index is 2.05. The summed E-state index contributed by atoms with van der Waals surface area (Å²) < 4.78 is 0. The Kier molecular flexibility index (Phi) is 4.58. The molecule has 1 aromatic carbocycles. The predicted octanol–water partition coefficient (Wildman–Crippen LogP) is 2.29. The van der Waals surface area contributed by atoms with Crippen molar-refractivity contribution in [1.82, 2.24) is 4.90 Å². The predicted molar refractivity (Wildman–Crippen MR) is 77.3 cm³/mol. The molecule has 1 fully saturated rings. The van der Waals surface area contributed by atoms with Crippen LogP contribution in [0.3, 0.4) is 0 Å². The largest absolute Gasteiger partial charge is 0.478 e. The number of rotatable bonds is 4. The molecule has 0 unspecified atom stereocenters. The molecule has 0 radical (unpaired) electrons. The monoisotopic (exact) mass is 260 g/mol. The van der Waals surface area contributed by atoms with Crippen LogP contribution in [0.4, 0.5) is 5.69 Å². The molecule has 0 saturated carbocycles. The van der Waals surface area contributed by atoms with Crippen LogP contribution in [0.5, 0.6) is 0 Å². The van der Waals surface area contributed by atoms with Gasteiger partial charge in [0.2, 0.25) is 0 Å². The smallest absolute Gasteiger partial charge is 0.328 e. The number of benzene rings is 1. The number of anilines is 1. The average molecular weight is 260 g/mol. The first-order chi connectivity index (χ1) is 9.15. The summed E-state index contributed by atoms with van der Waals surface area (Å²) in [6.07, 6.45) is 5.05. The van der Waals surface area contributed by atoms with Gasteiger partial charge in [-0.1, -0.05) is 18.2 Å². The molecule has 0 atom stereocenters. The second-order valence-electron chi connectivity index (χ2n) is 4.98. The van der Waals surface area contributed by atoms with E-state index in [0.717, 1.165) is 37.2 Å². The highest BCUT2D eigenvalue weighted by atomic mass is 16.4. The van der Waals surface area contributed by atoms with Gasteiger partial charge in [0.05, 0.1) is 0 Å². The van der Waals surface area contributed by atoms with E-state index in [2.05, 4.69) is 17.3 Å². The van der Waals surface area contributed by atoms with E-state index in [0.29, 0.717) is 6.04 Å². The van der Waals surface area contributed by atoms with Crippen LogP contribution in [-0.4, -0.2) is 42.2 Å². The number of nitrogens with zero attached hydrogens (tertiary/aromatic N) is 1. The zero-order valence-electron chi connectivity index (χ0n) is 11.2. The van der Waals surface area contributed by atoms with Crippen LogP contribution in [0, 0.1) is 0 Å². The first-order valence-electron chi connectivity index (χ1n) is 6.60.